The molecule has 2 aliphatic carbocycles. The van der Waals surface area contributed by atoms with Crippen LogP contribution in [0.15, 0.2) is 0 Å². The highest BCUT2D eigenvalue weighted by Gasteiger charge is 2.23. The van der Waals surface area contributed by atoms with E-state index in [1.165, 1.54) is 57.8 Å². The first-order chi connectivity index (χ1) is 9.25. The summed E-state index contributed by atoms with van der Waals surface area (Å²) in [6, 6.07) is 0.433. The van der Waals surface area contributed by atoms with E-state index in [1.54, 1.807) is 0 Å². The molecular weight excluding hydrogens is 236 g/mol. The molecule has 0 bridgehead atoms. The van der Waals surface area contributed by atoms with Crippen molar-refractivity contribution >= 4 is 5.91 Å². The third-order valence-electron chi connectivity index (χ3n) is 4.95. The summed E-state index contributed by atoms with van der Waals surface area (Å²) in [5.74, 6) is 1.81. The van der Waals surface area contributed by atoms with Crippen LogP contribution in [0.1, 0.15) is 64.7 Å². The molecular formula is C16H30N2O. The summed E-state index contributed by atoms with van der Waals surface area (Å²) in [4.78, 5) is 11.9. The van der Waals surface area contributed by atoms with Crippen LogP contribution in [0, 0.1) is 11.8 Å². The standard InChI is InChI=1S/C16H30N2O/c1-13-7-6-8-14(13)11-17-12-16(19)18-15-9-4-2-3-5-10-15/h13-15,17H,2-12H2,1H3,(H,18,19). The molecule has 0 radical (unpaired) electrons. The van der Waals surface area contributed by atoms with Crippen LogP contribution in [-0.4, -0.2) is 25.0 Å². The van der Waals surface area contributed by atoms with Crippen LogP contribution in [-0.2, 0) is 4.79 Å². The van der Waals surface area contributed by atoms with E-state index in [1.807, 2.05) is 0 Å². The molecule has 110 valence electrons. The molecule has 2 rings (SSSR count). The SMILES string of the molecule is CC1CCCC1CNCC(=O)NC1CCCCCC1. The molecule has 2 saturated carbocycles. The predicted molar refractivity (Wildman–Crippen MR) is 79.0 cm³/mol. The fraction of sp³-hybridized carbons (Fsp3) is 0.938. The first kappa shape index (κ1) is 14.8. The molecule has 19 heavy (non-hydrogen) atoms. The van der Waals surface area contributed by atoms with Gasteiger partial charge in [0.2, 0.25) is 5.91 Å². The molecule has 0 aromatic carbocycles. The predicted octanol–water partition coefficient (Wildman–Crippen LogP) is 2.85. The summed E-state index contributed by atoms with van der Waals surface area (Å²) in [6.45, 7) is 3.85. The Bertz CT molecular complexity index is 272. The Morgan fingerprint density at radius 1 is 1.00 bits per heavy atom. The van der Waals surface area contributed by atoms with E-state index >= 15 is 0 Å². The number of hydrogen-bond donors (Lipinski definition) is 2. The molecule has 0 aromatic rings. The minimum Gasteiger partial charge on any atom is -0.352 e. The molecule has 0 spiro atoms. The minimum atomic E-state index is 0.192. The number of hydrogen-bond acceptors (Lipinski definition) is 2. The Morgan fingerprint density at radius 2 is 1.74 bits per heavy atom. The van der Waals surface area contributed by atoms with Gasteiger partial charge in [0.25, 0.3) is 0 Å². The highest BCUT2D eigenvalue weighted by molar-refractivity contribution is 5.78. The summed E-state index contributed by atoms with van der Waals surface area (Å²) in [7, 11) is 0. The van der Waals surface area contributed by atoms with Gasteiger partial charge in [-0.25, -0.2) is 0 Å². The number of amides is 1. The smallest absolute Gasteiger partial charge is 0.234 e. The van der Waals surface area contributed by atoms with Crippen molar-refractivity contribution in [2.24, 2.45) is 11.8 Å². The summed E-state index contributed by atoms with van der Waals surface area (Å²) < 4.78 is 0. The number of nitrogens with one attached hydrogen (secondary N) is 2. The zero-order chi connectivity index (χ0) is 13.5. The fourth-order valence-corrected chi connectivity index (χ4v) is 3.60. The molecule has 2 atom stereocenters. The van der Waals surface area contributed by atoms with E-state index in [2.05, 4.69) is 17.6 Å². The molecule has 2 N–H and O–H groups in total. The molecule has 3 heteroatoms. The number of rotatable bonds is 5. The van der Waals surface area contributed by atoms with Gasteiger partial charge >= 0.3 is 0 Å². The minimum absolute atomic E-state index is 0.192. The zero-order valence-corrected chi connectivity index (χ0v) is 12.4. The molecule has 0 aromatic heterocycles. The molecule has 2 fully saturated rings. The summed E-state index contributed by atoms with van der Waals surface area (Å²) in [5.41, 5.74) is 0. The Hall–Kier alpha value is -0.570. The van der Waals surface area contributed by atoms with Crippen molar-refractivity contribution in [2.45, 2.75) is 70.8 Å². The largest absolute Gasteiger partial charge is 0.352 e. The van der Waals surface area contributed by atoms with Gasteiger partial charge in [0.15, 0.2) is 0 Å². The normalized spacial score (nSPS) is 29.1. The molecule has 2 aliphatic rings. The number of carbonyl (C=O) groups excluding carboxylic acids is 1. The molecule has 0 aliphatic heterocycles. The van der Waals surface area contributed by atoms with Gasteiger partial charge in [-0.1, -0.05) is 45.4 Å². The fourth-order valence-electron chi connectivity index (χ4n) is 3.60. The first-order valence-corrected chi connectivity index (χ1v) is 8.26. The van der Waals surface area contributed by atoms with Gasteiger partial charge in [-0.05, 0) is 37.6 Å². The average molecular weight is 266 g/mol. The highest BCUT2D eigenvalue weighted by Crippen LogP contribution is 2.30. The summed E-state index contributed by atoms with van der Waals surface area (Å²) in [5, 5.41) is 6.54. The van der Waals surface area contributed by atoms with Crippen molar-refractivity contribution in [3.05, 3.63) is 0 Å². The van der Waals surface area contributed by atoms with Crippen molar-refractivity contribution in [2.75, 3.05) is 13.1 Å². The van der Waals surface area contributed by atoms with Crippen LogP contribution in [0.3, 0.4) is 0 Å². The monoisotopic (exact) mass is 266 g/mol. The first-order valence-electron chi connectivity index (χ1n) is 8.26. The van der Waals surface area contributed by atoms with Crippen molar-refractivity contribution < 1.29 is 4.79 Å². The van der Waals surface area contributed by atoms with Crippen LogP contribution in [0.2, 0.25) is 0 Å². The van der Waals surface area contributed by atoms with Crippen molar-refractivity contribution in [1.82, 2.24) is 10.6 Å². The lowest BCUT2D eigenvalue weighted by atomic mass is 9.98. The lowest BCUT2D eigenvalue weighted by Gasteiger charge is -2.18. The van der Waals surface area contributed by atoms with Crippen LogP contribution in [0.4, 0.5) is 0 Å². The molecule has 1 amide bonds. The molecule has 0 heterocycles. The van der Waals surface area contributed by atoms with Crippen LogP contribution < -0.4 is 10.6 Å². The van der Waals surface area contributed by atoms with Crippen LogP contribution in [0.5, 0.6) is 0 Å². The molecule has 2 unspecified atom stereocenters. The number of carbonyl (C=O) groups is 1. The van der Waals surface area contributed by atoms with Gasteiger partial charge in [0, 0.05) is 6.04 Å². The van der Waals surface area contributed by atoms with E-state index in [4.69, 9.17) is 0 Å². The van der Waals surface area contributed by atoms with E-state index in [9.17, 15) is 4.79 Å². The van der Waals surface area contributed by atoms with Crippen molar-refractivity contribution in [3.8, 4) is 0 Å². The molecule has 0 saturated heterocycles. The Labute approximate surface area is 117 Å². The highest BCUT2D eigenvalue weighted by atomic mass is 16.1. The molecule has 3 nitrogen and oxygen atoms in total. The second-order valence-electron chi connectivity index (χ2n) is 6.56. The van der Waals surface area contributed by atoms with Crippen LogP contribution >= 0.6 is 0 Å². The quantitative estimate of drug-likeness (QED) is 0.751. The zero-order valence-electron chi connectivity index (χ0n) is 12.4. The van der Waals surface area contributed by atoms with Crippen LogP contribution in [0.25, 0.3) is 0 Å². The van der Waals surface area contributed by atoms with Crippen molar-refractivity contribution in [1.29, 1.82) is 0 Å². The summed E-state index contributed by atoms with van der Waals surface area (Å²) >= 11 is 0. The lowest BCUT2D eigenvalue weighted by molar-refractivity contribution is -0.121. The third-order valence-corrected chi connectivity index (χ3v) is 4.95. The maximum Gasteiger partial charge on any atom is 0.234 e. The topological polar surface area (TPSA) is 41.1 Å². The second kappa shape index (κ2) is 7.88. The van der Waals surface area contributed by atoms with Crippen molar-refractivity contribution in [3.63, 3.8) is 0 Å². The maximum atomic E-state index is 11.9. The van der Waals surface area contributed by atoms with Gasteiger partial charge < -0.3 is 10.6 Å². The Kier molecular flexibility index (Phi) is 6.15. The Balaban J connectivity index is 1.58. The van der Waals surface area contributed by atoms with Gasteiger partial charge in [-0.3, -0.25) is 4.79 Å². The maximum absolute atomic E-state index is 11.9. The van der Waals surface area contributed by atoms with E-state index in [0.29, 0.717) is 12.6 Å². The van der Waals surface area contributed by atoms with E-state index in [0.717, 1.165) is 18.4 Å². The summed E-state index contributed by atoms with van der Waals surface area (Å²) in [6.07, 6.45) is 11.6. The van der Waals surface area contributed by atoms with Gasteiger partial charge in [-0.15, -0.1) is 0 Å². The van der Waals surface area contributed by atoms with Gasteiger partial charge in [-0.2, -0.15) is 0 Å². The van der Waals surface area contributed by atoms with Gasteiger partial charge in [0.05, 0.1) is 6.54 Å². The third kappa shape index (κ3) is 5.13. The van der Waals surface area contributed by atoms with E-state index < -0.39 is 0 Å². The second-order valence-corrected chi connectivity index (χ2v) is 6.56. The van der Waals surface area contributed by atoms with E-state index in [-0.39, 0.29) is 5.91 Å². The lowest BCUT2D eigenvalue weighted by Crippen LogP contribution is -2.41. The van der Waals surface area contributed by atoms with Gasteiger partial charge in [0.1, 0.15) is 0 Å². The average Bonchev–Trinajstić information content (AvgIpc) is 2.65. The Morgan fingerprint density at radius 3 is 2.37 bits per heavy atom.